The van der Waals surface area contributed by atoms with Crippen molar-refractivity contribution in [2.45, 2.75) is 65.2 Å². The first kappa shape index (κ1) is 39.2. The molecular formula is C60H54N2. The van der Waals surface area contributed by atoms with Crippen LogP contribution in [-0.4, -0.2) is 0 Å². The minimum Gasteiger partial charge on any atom is -0.315 e. The molecule has 0 radical (unpaired) electrons. The standard InChI is InChI=1S/C60H54N2/c1-7-8-19-41(2)61(47-33-36-52-50-24-15-17-26-55(50)59(3,4)57(52)39-47)45-30-28-43(29-31-45)49-35-32-46(38-54(49)42-20-11-9-12-21-42)62(44-22-13-10-14-23-44)48-34-37-53-51-25-16-18-27-56(51)60(5,6)58(53)40-48/h9-40H,7-8H2,1-6H3/b41-19+. The van der Waals surface area contributed by atoms with Gasteiger partial charge in [0.05, 0.1) is 0 Å². The Balaban J connectivity index is 1.06. The Labute approximate surface area is 368 Å². The first-order chi connectivity index (χ1) is 30.1. The van der Waals surface area contributed by atoms with Crippen molar-refractivity contribution in [3.05, 3.63) is 222 Å². The van der Waals surface area contributed by atoms with Gasteiger partial charge < -0.3 is 9.80 Å². The number of rotatable bonds is 10. The fourth-order valence-corrected chi connectivity index (χ4v) is 10.3. The van der Waals surface area contributed by atoms with Crippen LogP contribution in [0.3, 0.4) is 0 Å². The summed E-state index contributed by atoms with van der Waals surface area (Å²) in [5, 5.41) is 0. The van der Waals surface area contributed by atoms with E-state index in [1.807, 2.05) is 0 Å². The van der Waals surface area contributed by atoms with Crippen LogP contribution in [0.25, 0.3) is 44.5 Å². The normalized spacial score (nSPS) is 14.1. The van der Waals surface area contributed by atoms with E-state index in [4.69, 9.17) is 0 Å². The van der Waals surface area contributed by atoms with Crippen molar-refractivity contribution in [1.82, 2.24) is 0 Å². The lowest BCUT2D eigenvalue weighted by molar-refractivity contribution is 0.660. The molecule has 2 aliphatic carbocycles. The predicted molar refractivity (Wildman–Crippen MR) is 264 cm³/mol. The summed E-state index contributed by atoms with van der Waals surface area (Å²) in [7, 11) is 0. The highest BCUT2D eigenvalue weighted by Gasteiger charge is 2.37. The lowest BCUT2D eigenvalue weighted by atomic mass is 9.82. The number of anilines is 5. The Morgan fingerprint density at radius 1 is 0.403 bits per heavy atom. The first-order valence-electron chi connectivity index (χ1n) is 22.3. The summed E-state index contributed by atoms with van der Waals surface area (Å²) in [6.45, 7) is 13.9. The van der Waals surface area contributed by atoms with Gasteiger partial charge in [-0.3, -0.25) is 0 Å². The van der Waals surface area contributed by atoms with E-state index < -0.39 is 0 Å². The molecule has 0 saturated carbocycles. The van der Waals surface area contributed by atoms with Gasteiger partial charge in [-0.2, -0.15) is 0 Å². The predicted octanol–water partition coefficient (Wildman–Crippen LogP) is 16.9. The molecule has 0 amide bonds. The van der Waals surface area contributed by atoms with Gasteiger partial charge in [0.2, 0.25) is 0 Å². The molecule has 8 aromatic carbocycles. The van der Waals surface area contributed by atoms with Crippen LogP contribution in [0.4, 0.5) is 28.4 Å². The van der Waals surface area contributed by atoms with Crippen molar-refractivity contribution in [2.75, 3.05) is 9.80 Å². The maximum absolute atomic E-state index is 2.44. The average Bonchev–Trinajstić information content (AvgIpc) is 3.68. The molecule has 0 fully saturated rings. The fourth-order valence-electron chi connectivity index (χ4n) is 10.3. The van der Waals surface area contributed by atoms with E-state index in [-0.39, 0.29) is 10.8 Å². The van der Waals surface area contributed by atoms with Crippen molar-refractivity contribution < 1.29 is 0 Å². The number of nitrogens with zero attached hydrogens (tertiary/aromatic N) is 2. The summed E-state index contributed by atoms with van der Waals surface area (Å²) in [5.41, 5.74) is 22.5. The van der Waals surface area contributed by atoms with Gasteiger partial charge in [-0.1, -0.05) is 175 Å². The van der Waals surface area contributed by atoms with Gasteiger partial charge in [0.25, 0.3) is 0 Å². The third kappa shape index (κ3) is 6.57. The third-order valence-corrected chi connectivity index (χ3v) is 13.5. The smallest absolute Gasteiger partial charge is 0.0468 e. The molecule has 0 aliphatic heterocycles. The number of benzene rings is 8. The molecule has 10 rings (SSSR count). The number of unbranched alkanes of at least 4 members (excludes halogenated alkanes) is 1. The maximum atomic E-state index is 2.44. The lowest BCUT2D eigenvalue weighted by Crippen LogP contribution is -2.18. The zero-order valence-corrected chi connectivity index (χ0v) is 36.8. The molecule has 8 aromatic rings. The van der Waals surface area contributed by atoms with Crippen molar-refractivity contribution in [3.63, 3.8) is 0 Å². The minimum atomic E-state index is -0.0988. The van der Waals surface area contributed by atoms with E-state index >= 15 is 0 Å². The largest absolute Gasteiger partial charge is 0.315 e. The lowest BCUT2D eigenvalue weighted by Gasteiger charge is -2.29. The van der Waals surface area contributed by atoms with Crippen LogP contribution in [0, 0.1) is 0 Å². The van der Waals surface area contributed by atoms with Gasteiger partial charge in [0.15, 0.2) is 0 Å². The highest BCUT2D eigenvalue weighted by molar-refractivity contribution is 5.91. The molecule has 2 nitrogen and oxygen atoms in total. The van der Waals surface area contributed by atoms with Crippen LogP contribution in [0.1, 0.15) is 76.6 Å². The fraction of sp³-hybridized carbons (Fsp3) is 0.167. The summed E-state index contributed by atoms with van der Waals surface area (Å²) >= 11 is 0. The Morgan fingerprint density at radius 2 is 0.855 bits per heavy atom. The quantitative estimate of drug-likeness (QED) is 0.136. The summed E-state index contributed by atoms with van der Waals surface area (Å²) in [6, 6.07) is 69.7. The molecule has 0 atom stereocenters. The molecule has 2 aliphatic rings. The van der Waals surface area contributed by atoms with Crippen molar-refractivity contribution in [2.24, 2.45) is 0 Å². The van der Waals surface area contributed by atoms with Crippen LogP contribution < -0.4 is 9.80 Å². The minimum absolute atomic E-state index is 0.0718. The molecule has 62 heavy (non-hydrogen) atoms. The highest BCUT2D eigenvalue weighted by atomic mass is 15.1. The summed E-state index contributed by atoms with van der Waals surface area (Å²) in [5.74, 6) is 0. The number of fused-ring (bicyclic) bond motifs is 6. The molecule has 0 aromatic heterocycles. The molecule has 0 unspecified atom stereocenters. The second-order valence-corrected chi connectivity index (χ2v) is 18.1. The molecule has 304 valence electrons. The summed E-state index contributed by atoms with van der Waals surface area (Å²) in [4.78, 5) is 4.85. The number of hydrogen-bond donors (Lipinski definition) is 0. The van der Waals surface area contributed by atoms with Crippen LogP contribution in [0.5, 0.6) is 0 Å². The Bertz CT molecular complexity index is 2970. The maximum Gasteiger partial charge on any atom is 0.0468 e. The van der Waals surface area contributed by atoms with E-state index in [2.05, 4.69) is 245 Å². The molecule has 2 heteroatoms. The van der Waals surface area contributed by atoms with Gasteiger partial charge in [-0.15, -0.1) is 0 Å². The van der Waals surface area contributed by atoms with E-state index in [1.54, 1.807) is 0 Å². The number of allylic oxidation sites excluding steroid dienone is 2. The molecule has 0 heterocycles. The molecule has 0 saturated heterocycles. The molecule has 0 spiro atoms. The van der Waals surface area contributed by atoms with Crippen molar-refractivity contribution in [1.29, 1.82) is 0 Å². The Kier molecular flexibility index (Phi) is 9.83. The van der Waals surface area contributed by atoms with E-state index in [0.717, 1.165) is 35.6 Å². The average molecular weight is 803 g/mol. The molecule has 0 bridgehead atoms. The van der Waals surface area contributed by atoms with Gasteiger partial charge >= 0.3 is 0 Å². The van der Waals surface area contributed by atoms with E-state index in [9.17, 15) is 0 Å². The van der Waals surface area contributed by atoms with Gasteiger partial charge in [0, 0.05) is 45.0 Å². The van der Waals surface area contributed by atoms with Crippen molar-refractivity contribution >= 4 is 28.4 Å². The van der Waals surface area contributed by atoms with E-state index in [1.165, 1.54) is 78.1 Å². The highest BCUT2D eigenvalue weighted by Crippen LogP contribution is 2.52. The summed E-state index contributed by atoms with van der Waals surface area (Å²) < 4.78 is 0. The Morgan fingerprint density at radius 3 is 1.45 bits per heavy atom. The van der Waals surface area contributed by atoms with Gasteiger partial charge in [-0.25, -0.2) is 0 Å². The topological polar surface area (TPSA) is 6.48 Å². The zero-order chi connectivity index (χ0) is 42.6. The van der Waals surface area contributed by atoms with Crippen LogP contribution in [0.2, 0.25) is 0 Å². The number of hydrogen-bond acceptors (Lipinski definition) is 2. The van der Waals surface area contributed by atoms with Crippen LogP contribution in [-0.2, 0) is 10.8 Å². The van der Waals surface area contributed by atoms with Crippen LogP contribution >= 0.6 is 0 Å². The zero-order valence-electron chi connectivity index (χ0n) is 36.8. The third-order valence-electron chi connectivity index (χ3n) is 13.5. The van der Waals surface area contributed by atoms with Crippen molar-refractivity contribution in [3.8, 4) is 44.5 Å². The summed E-state index contributed by atoms with van der Waals surface area (Å²) in [6.07, 6.45) is 4.52. The first-order valence-corrected chi connectivity index (χ1v) is 22.3. The second kappa shape index (κ2) is 15.5. The number of para-hydroxylation sites is 1. The molecular weight excluding hydrogens is 749 g/mol. The molecule has 0 N–H and O–H groups in total. The SMILES string of the molecule is CCC/C=C(\C)N(c1ccc(-c2ccc(N(c3ccccc3)c3ccc4c(c3)C(C)(C)c3ccccc3-4)cc2-c2ccccc2)cc1)c1ccc2c(c1)C(C)(C)c1ccccc1-2. The van der Waals surface area contributed by atoms with E-state index in [0.29, 0.717) is 0 Å². The monoisotopic (exact) mass is 802 g/mol. The second-order valence-electron chi connectivity index (χ2n) is 18.1. The van der Waals surface area contributed by atoms with Gasteiger partial charge in [0.1, 0.15) is 0 Å². The Hall–Kier alpha value is -6.90. The van der Waals surface area contributed by atoms with Crippen LogP contribution in [0.15, 0.2) is 200 Å². The van der Waals surface area contributed by atoms with Gasteiger partial charge in [-0.05, 0) is 141 Å².